The molecule has 1 aromatic carbocycles. The first-order valence-electron chi connectivity index (χ1n) is 12.7. The predicted octanol–water partition coefficient (Wildman–Crippen LogP) is 3.93. The first kappa shape index (κ1) is 23.4. The molecule has 0 amide bonds. The minimum atomic E-state index is -1.14. The second kappa shape index (κ2) is 9.48. The van der Waals surface area contributed by atoms with E-state index >= 15 is 0 Å². The number of benzene rings is 1. The van der Waals surface area contributed by atoms with Crippen LogP contribution in [0.2, 0.25) is 0 Å². The summed E-state index contributed by atoms with van der Waals surface area (Å²) < 4.78 is 26.8. The van der Waals surface area contributed by atoms with Gasteiger partial charge in [0.25, 0.3) is 0 Å². The highest BCUT2D eigenvalue weighted by Crippen LogP contribution is 2.46. The van der Waals surface area contributed by atoms with Crippen LogP contribution in [0.3, 0.4) is 0 Å². The van der Waals surface area contributed by atoms with E-state index in [2.05, 4.69) is 15.2 Å². The van der Waals surface area contributed by atoms with Crippen molar-refractivity contribution >= 4 is 28.3 Å². The van der Waals surface area contributed by atoms with Crippen LogP contribution in [0, 0.1) is 6.92 Å². The second-order valence-electron chi connectivity index (χ2n) is 9.87. The summed E-state index contributed by atoms with van der Waals surface area (Å²) in [5, 5.41) is 3.40. The van der Waals surface area contributed by atoms with E-state index < -0.39 is 10.8 Å². The molecule has 10 heteroatoms. The van der Waals surface area contributed by atoms with Crippen LogP contribution in [-0.2, 0) is 22.0 Å². The Balaban J connectivity index is 1.36. The lowest BCUT2D eigenvalue weighted by molar-refractivity contribution is 0.0768. The van der Waals surface area contributed by atoms with Gasteiger partial charge in [-0.1, -0.05) is 0 Å². The molecule has 1 N–H and O–H groups in total. The molecular formula is C26H32N6O3S. The SMILES string of the molecule is COc1cc(Nc2nc3c(c(N4CCCCC4)n2)S(=O)C2(CCOCC2)C3)ccc1-n1cnc(C)c1. The normalized spacial score (nSPS) is 20.9. The van der Waals surface area contributed by atoms with Crippen LogP contribution < -0.4 is 15.0 Å². The highest BCUT2D eigenvalue weighted by Gasteiger charge is 2.48. The van der Waals surface area contributed by atoms with E-state index in [0.29, 0.717) is 25.6 Å². The Kier molecular flexibility index (Phi) is 6.17. The maximum atomic E-state index is 13.9. The largest absolute Gasteiger partial charge is 0.494 e. The second-order valence-corrected chi connectivity index (χ2v) is 11.7. The summed E-state index contributed by atoms with van der Waals surface area (Å²) in [4.78, 5) is 17.3. The van der Waals surface area contributed by atoms with Crippen LogP contribution in [0.1, 0.15) is 43.5 Å². The van der Waals surface area contributed by atoms with Crippen LogP contribution in [0.25, 0.3) is 5.69 Å². The maximum absolute atomic E-state index is 13.9. The van der Waals surface area contributed by atoms with Crippen molar-refractivity contribution in [2.45, 2.75) is 55.1 Å². The number of methoxy groups -OCH3 is 1. The van der Waals surface area contributed by atoms with Crippen molar-refractivity contribution in [3.8, 4) is 11.4 Å². The zero-order valence-electron chi connectivity index (χ0n) is 20.8. The van der Waals surface area contributed by atoms with Gasteiger partial charge in [-0.25, -0.2) is 9.97 Å². The summed E-state index contributed by atoms with van der Waals surface area (Å²) in [6, 6.07) is 5.93. The van der Waals surface area contributed by atoms with Gasteiger partial charge >= 0.3 is 0 Å². The molecule has 0 bridgehead atoms. The minimum Gasteiger partial charge on any atom is -0.494 e. The summed E-state index contributed by atoms with van der Waals surface area (Å²) in [5.74, 6) is 2.09. The summed E-state index contributed by atoms with van der Waals surface area (Å²) in [6.07, 6.45) is 9.52. The number of nitrogens with zero attached hydrogens (tertiary/aromatic N) is 5. The average Bonchev–Trinajstić information content (AvgIpc) is 3.45. The van der Waals surface area contributed by atoms with Gasteiger partial charge in [0.1, 0.15) is 10.6 Å². The lowest BCUT2D eigenvalue weighted by atomic mass is 9.94. The molecule has 36 heavy (non-hydrogen) atoms. The molecule has 2 aromatic heterocycles. The Morgan fingerprint density at radius 2 is 1.94 bits per heavy atom. The van der Waals surface area contributed by atoms with Crippen LogP contribution >= 0.6 is 0 Å². The number of hydrogen-bond donors (Lipinski definition) is 1. The van der Waals surface area contributed by atoms with Crippen molar-refractivity contribution in [1.29, 1.82) is 0 Å². The number of rotatable bonds is 5. The van der Waals surface area contributed by atoms with Crippen LogP contribution in [0.5, 0.6) is 5.75 Å². The Bertz CT molecular complexity index is 1300. The third-order valence-electron chi connectivity index (χ3n) is 7.47. The number of anilines is 3. The van der Waals surface area contributed by atoms with Crippen molar-refractivity contribution in [2.24, 2.45) is 0 Å². The van der Waals surface area contributed by atoms with E-state index in [1.165, 1.54) is 6.42 Å². The summed E-state index contributed by atoms with van der Waals surface area (Å²) in [7, 11) is 0.521. The maximum Gasteiger partial charge on any atom is 0.229 e. The first-order valence-corrected chi connectivity index (χ1v) is 13.8. The molecule has 6 rings (SSSR count). The lowest BCUT2D eigenvalue weighted by Crippen LogP contribution is -2.39. The van der Waals surface area contributed by atoms with E-state index in [9.17, 15) is 4.21 Å². The topological polar surface area (TPSA) is 94.4 Å². The number of nitrogens with one attached hydrogen (secondary N) is 1. The fourth-order valence-electron chi connectivity index (χ4n) is 5.51. The number of ether oxygens (including phenoxy) is 2. The fourth-order valence-corrected chi connectivity index (χ4v) is 7.42. The zero-order chi connectivity index (χ0) is 24.7. The van der Waals surface area contributed by atoms with Crippen molar-refractivity contribution < 1.29 is 13.7 Å². The van der Waals surface area contributed by atoms with Crippen LogP contribution in [0.4, 0.5) is 17.5 Å². The first-order chi connectivity index (χ1) is 17.6. The number of imidazole rings is 1. The van der Waals surface area contributed by atoms with E-state index in [-0.39, 0.29) is 4.75 Å². The molecule has 5 heterocycles. The molecule has 2 fully saturated rings. The fraction of sp³-hybridized carbons (Fsp3) is 0.500. The molecule has 3 aromatic rings. The van der Waals surface area contributed by atoms with Crippen LogP contribution in [0.15, 0.2) is 35.6 Å². The van der Waals surface area contributed by atoms with Crippen molar-refractivity contribution in [1.82, 2.24) is 19.5 Å². The number of fused-ring (bicyclic) bond motifs is 1. The van der Waals surface area contributed by atoms with Crippen molar-refractivity contribution in [3.05, 3.63) is 42.1 Å². The number of hydrogen-bond acceptors (Lipinski definition) is 8. The molecule has 0 radical (unpaired) electrons. The Labute approximate surface area is 213 Å². The molecule has 0 aliphatic carbocycles. The molecule has 3 aliphatic heterocycles. The van der Waals surface area contributed by atoms with Gasteiger partial charge in [0, 0.05) is 50.7 Å². The molecule has 1 spiro atoms. The smallest absolute Gasteiger partial charge is 0.229 e. The molecule has 2 saturated heterocycles. The van der Waals surface area contributed by atoms with Crippen molar-refractivity contribution in [2.75, 3.05) is 43.6 Å². The van der Waals surface area contributed by atoms with Crippen LogP contribution in [-0.4, -0.2) is 61.9 Å². The molecule has 190 valence electrons. The third kappa shape index (κ3) is 4.16. The highest BCUT2D eigenvalue weighted by molar-refractivity contribution is 7.87. The number of aryl methyl sites for hydroxylation is 1. The van der Waals surface area contributed by atoms with Gasteiger partial charge in [0.2, 0.25) is 5.95 Å². The zero-order valence-corrected chi connectivity index (χ0v) is 21.6. The Hall–Kier alpha value is -2.98. The van der Waals surface area contributed by atoms with Gasteiger partial charge in [0.15, 0.2) is 5.82 Å². The molecule has 1 atom stereocenters. The van der Waals surface area contributed by atoms with E-state index in [0.717, 1.165) is 78.0 Å². The molecule has 1 unspecified atom stereocenters. The van der Waals surface area contributed by atoms with E-state index in [1.807, 2.05) is 35.9 Å². The summed E-state index contributed by atoms with van der Waals surface area (Å²) in [5.41, 5.74) is 3.59. The quantitative estimate of drug-likeness (QED) is 0.554. The predicted molar refractivity (Wildman–Crippen MR) is 139 cm³/mol. The number of piperidine rings is 1. The summed E-state index contributed by atoms with van der Waals surface area (Å²) >= 11 is 0. The van der Waals surface area contributed by atoms with Gasteiger partial charge in [0.05, 0.1) is 46.1 Å². The Morgan fingerprint density at radius 3 is 2.67 bits per heavy atom. The lowest BCUT2D eigenvalue weighted by Gasteiger charge is -2.32. The Morgan fingerprint density at radius 1 is 1.14 bits per heavy atom. The van der Waals surface area contributed by atoms with Gasteiger partial charge < -0.3 is 24.3 Å². The summed E-state index contributed by atoms with van der Waals surface area (Å²) in [6.45, 7) is 5.13. The molecule has 3 aliphatic rings. The number of aromatic nitrogens is 4. The van der Waals surface area contributed by atoms with E-state index in [4.69, 9.17) is 19.4 Å². The van der Waals surface area contributed by atoms with Gasteiger partial charge in [-0.3, -0.25) is 4.21 Å². The minimum absolute atomic E-state index is 0.285. The molecule has 0 saturated carbocycles. The monoisotopic (exact) mass is 508 g/mol. The van der Waals surface area contributed by atoms with Gasteiger partial charge in [-0.2, -0.15) is 4.98 Å². The van der Waals surface area contributed by atoms with E-state index in [1.54, 1.807) is 13.4 Å². The van der Waals surface area contributed by atoms with Gasteiger partial charge in [-0.05, 0) is 51.2 Å². The molecule has 9 nitrogen and oxygen atoms in total. The average molecular weight is 509 g/mol. The molecular weight excluding hydrogens is 476 g/mol. The standard InChI is InChI=1S/C26H32N6O3S/c1-18-16-32(17-27-18)21-7-6-19(14-22(21)34-2)28-25-29-20-15-26(8-12-35-13-9-26)36(33)23(20)24(30-25)31-10-4-3-5-11-31/h6-7,14,16-17H,3-5,8-13,15H2,1-2H3,(H,28,29,30). The highest BCUT2D eigenvalue weighted by atomic mass is 32.2. The van der Waals surface area contributed by atoms with Gasteiger partial charge in [-0.15, -0.1) is 0 Å². The van der Waals surface area contributed by atoms with Crippen molar-refractivity contribution in [3.63, 3.8) is 0 Å². The third-order valence-corrected chi connectivity index (χ3v) is 9.60.